The normalized spacial score (nSPS) is 20.7. The molecule has 0 radical (unpaired) electrons. The van der Waals surface area contributed by atoms with Gasteiger partial charge in [-0.2, -0.15) is 0 Å². The molecule has 0 aromatic heterocycles. The third-order valence-corrected chi connectivity index (χ3v) is 5.19. The van der Waals surface area contributed by atoms with Gasteiger partial charge in [-0.3, -0.25) is 14.9 Å². The van der Waals surface area contributed by atoms with Crippen LogP contribution < -0.4 is 4.90 Å². The van der Waals surface area contributed by atoms with E-state index in [4.69, 9.17) is 0 Å². The lowest BCUT2D eigenvalue weighted by Gasteiger charge is -2.40. The predicted octanol–water partition coefficient (Wildman–Crippen LogP) is 3.57. The van der Waals surface area contributed by atoms with Crippen LogP contribution in [-0.2, 0) is 0 Å². The Morgan fingerprint density at radius 3 is 2.38 bits per heavy atom. The van der Waals surface area contributed by atoms with Crippen molar-refractivity contribution in [2.24, 2.45) is 5.41 Å². The second-order valence-corrected chi connectivity index (χ2v) is 6.31. The monoisotopic (exact) mass is 288 g/mol. The van der Waals surface area contributed by atoms with E-state index in [0.717, 1.165) is 18.8 Å². The molecular formula is C16H20N2O3. The summed E-state index contributed by atoms with van der Waals surface area (Å²) in [5.41, 5.74) is 1.53. The molecule has 0 amide bonds. The number of hydrogen-bond donors (Lipinski definition) is 0. The third-order valence-electron chi connectivity index (χ3n) is 5.19. The van der Waals surface area contributed by atoms with Crippen LogP contribution >= 0.6 is 0 Å². The van der Waals surface area contributed by atoms with Crippen molar-refractivity contribution in [3.63, 3.8) is 0 Å². The van der Waals surface area contributed by atoms with Crippen molar-refractivity contribution in [1.29, 1.82) is 0 Å². The third kappa shape index (κ3) is 2.64. The summed E-state index contributed by atoms with van der Waals surface area (Å²) in [6.45, 7) is 1.96. The number of piperidine rings is 1. The molecule has 1 spiro atoms. The van der Waals surface area contributed by atoms with E-state index in [2.05, 4.69) is 4.90 Å². The zero-order chi connectivity index (χ0) is 14.9. The first-order chi connectivity index (χ1) is 10.1. The van der Waals surface area contributed by atoms with Crippen LogP contribution in [0.25, 0.3) is 0 Å². The fraction of sp³-hybridized carbons (Fsp3) is 0.562. The lowest BCUT2D eigenvalue weighted by Crippen LogP contribution is -2.38. The summed E-state index contributed by atoms with van der Waals surface area (Å²) >= 11 is 0. The maximum atomic E-state index is 11.0. The van der Waals surface area contributed by atoms with Crippen LogP contribution in [0.4, 0.5) is 11.4 Å². The van der Waals surface area contributed by atoms with Gasteiger partial charge in [-0.25, -0.2) is 0 Å². The number of carbonyl (C=O) groups excluding carboxylic acids is 1. The van der Waals surface area contributed by atoms with E-state index >= 15 is 0 Å². The van der Waals surface area contributed by atoms with Crippen LogP contribution in [0.5, 0.6) is 0 Å². The Kier molecular flexibility index (Phi) is 3.66. The average Bonchev–Trinajstić information content (AvgIpc) is 2.95. The Morgan fingerprint density at radius 2 is 1.81 bits per heavy atom. The van der Waals surface area contributed by atoms with Gasteiger partial charge in [0.2, 0.25) is 0 Å². The van der Waals surface area contributed by atoms with Crippen molar-refractivity contribution in [3.8, 4) is 0 Å². The van der Waals surface area contributed by atoms with Gasteiger partial charge >= 0.3 is 0 Å². The van der Waals surface area contributed by atoms with E-state index in [0.29, 0.717) is 11.7 Å². The van der Waals surface area contributed by atoms with Gasteiger partial charge in [0.15, 0.2) is 6.29 Å². The van der Waals surface area contributed by atoms with Crippen LogP contribution in [0.15, 0.2) is 18.2 Å². The molecule has 0 unspecified atom stereocenters. The number of anilines is 1. The molecule has 1 saturated heterocycles. The highest BCUT2D eigenvalue weighted by Crippen LogP contribution is 2.46. The molecule has 0 atom stereocenters. The smallest absolute Gasteiger partial charge is 0.280 e. The summed E-state index contributed by atoms with van der Waals surface area (Å²) in [6, 6.07) is 4.86. The summed E-state index contributed by atoms with van der Waals surface area (Å²) in [6.07, 6.45) is 8.37. The number of nitro benzene ring substituents is 1. The Hall–Kier alpha value is -1.91. The Balaban J connectivity index is 1.76. The van der Waals surface area contributed by atoms with Crippen LogP contribution in [0, 0.1) is 15.5 Å². The topological polar surface area (TPSA) is 63.5 Å². The molecule has 1 aliphatic carbocycles. The van der Waals surface area contributed by atoms with E-state index in [1.54, 1.807) is 12.1 Å². The maximum absolute atomic E-state index is 11.0. The first-order valence-corrected chi connectivity index (χ1v) is 7.62. The van der Waals surface area contributed by atoms with E-state index in [1.807, 2.05) is 0 Å². The Labute approximate surface area is 124 Å². The predicted molar refractivity (Wildman–Crippen MR) is 80.8 cm³/mol. The molecule has 2 fully saturated rings. The molecule has 1 saturated carbocycles. The zero-order valence-corrected chi connectivity index (χ0v) is 12.1. The van der Waals surface area contributed by atoms with Crippen molar-refractivity contribution < 1.29 is 9.72 Å². The summed E-state index contributed by atoms with van der Waals surface area (Å²) in [4.78, 5) is 23.7. The van der Waals surface area contributed by atoms with Gasteiger partial charge in [0, 0.05) is 24.8 Å². The molecular weight excluding hydrogens is 268 g/mol. The number of carbonyl (C=O) groups is 1. The first-order valence-electron chi connectivity index (χ1n) is 7.62. The molecule has 1 aliphatic heterocycles. The quantitative estimate of drug-likeness (QED) is 0.484. The van der Waals surface area contributed by atoms with E-state index in [9.17, 15) is 14.9 Å². The van der Waals surface area contributed by atoms with Gasteiger partial charge in [-0.05, 0) is 43.2 Å². The van der Waals surface area contributed by atoms with Crippen LogP contribution in [0.3, 0.4) is 0 Å². The highest BCUT2D eigenvalue weighted by Gasteiger charge is 2.37. The SMILES string of the molecule is O=Cc1cc(N2CCC3(CCCC3)CC2)ccc1[N+](=O)[O-]. The summed E-state index contributed by atoms with van der Waals surface area (Å²) in [5, 5.41) is 10.9. The van der Waals surface area contributed by atoms with E-state index in [1.165, 1.54) is 44.6 Å². The standard InChI is InChI=1S/C16H20N2O3/c19-12-13-11-14(3-4-15(13)18(20)21)17-9-7-16(8-10-17)5-1-2-6-16/h3-4,11-12H,1-2,5-10H2. The van der Waals surface area contributed by atoms with Gasteiger partial charge in [0.25, 0.3) is 5.69 Å². The lowest BCUT2D eigenvalue weighted by molar-refractivity contribution is -0.385. The number of rotatable bonds is 3. The number of nitro groups is 1. The highest BCUT2D eigenvalue weighted by molar-refractivity contribution is 5.83. The Morgan fingerprint density at radius 1 is 1.14 bits per heavy atom. The molecule has 1 aromatic rings. The molecule has 1 aromatic carbocycles. The van der Waals surface area contributed by atoms with Crippen molar-refractivity contribution in [2.75, 3.05) is 18.0 Å². The average molecular weight is 288 g/mol. The van der Waals surface area contributed by atoms with Crippen molar-refractivity contribution in [1.82, 2.24) is 0 Å². The van der Waals surface area contributed by atoms with Gasteiger partial charge in [0.05, 0.1) is 10.5 Å². The van der Waals surface area contributed by atoms with Gasteiger partial charge < -0.3 is 4.90 Å². The molecule has 5 nitrogen and oxygen atoms in total. The fourth-order valence-electron chi connectivity index (χ4n) is 3.86. The van der Waals surface area contributed by atoms with Gasteiger partial charge in [-0.15, -0.1) is 0 Å². The zero-order valence-electron chi connectivity index (χ0n) is 12.1. The minimum Gasteiger partial charge on any atom is -0.371 e. The summed E-state index contributed by atoms with van der Waals surface area (Å²) < 4.78 is 0. The van der Waals surface area contributed by atoms with Gasteiger partial charge in [-0.1, -0.05) is 12.8 Å². The van der Waals surface area contributed by atoms with Crippen LogP contribution in [-0.4, -0.2) is 24.3 Å². The van der Waals surface area contributed by atoms with Crippen LogP contribution in [0.1, 0.15) is 48.9 Å². The molecule has 0 bridgehead atoms. The second kappa shape index (κ2) is 5.47. The molecule has 5 heteroatoms. The van der Waals surface area contributed by atoms with E-state index < -0.39 is 4.92 Å². The largest absolute Gasteiger partial charge is 0.371 e. The number of aldehydes is 1. The second-order valence-electron chi connectivity index (χ2n) is 6.31. The number of nitrogens with zero attached hydrogens (tertiary/aromatic N) is 2. The fourth-order valence-corrected chi connectivity index (χ4v) is 3.86. The molecule has 0 N–H and O–H groups in total. The van der Waals surface area contributed by atoms with Gasteiger partial charge in [0.1, 0.15) is 0 Å². The minimum absolute atomic E-state index is 0.113. The molecule has 112 valence electrons. The summed E-state index contributed by atoms with van der Waals surface area (Å²) in [7, 11) is 0. The molecule has 1 heterocycles. The maximum Gasteiger partial charge on any atom is 0.280 e. The van der Waals surface area contributed by atoms with Crippen molar-refractivity contribution in [2.45, 2.75) is 38.5 Å². The Bertz CT molecular complexity index is 555. The summed E-state index contributed by atoms with van der Waals surface area (Å²) in [5.74, 6) is 0. The first kappa shape index (κ1) is 14.0. The molecule has 3 rings (SSSR count). The molecule has 2 aliphatic rings. The number of hydrogen-bond acceptors (Lipinski definition) is 4. The van der Waals surface area contributed by atoms with Crippen LogP contribution in [0.2, 0.25) is 0 Å². The van der Waals surface area contributed by atoms with Crippen molar-refractivity contribution in [3.05, 3.63) is 33.9 Å². The minimum atomic E-state index is -0.503. The lowest BCUT2D eigenvalue weighted by atomic mass is 9.77. The highest BCUT2D eigenvalue weighted by atomic mass is 16.6. The van der Waals surface area contributed by atoms with Crippen molar-refractivity contribution >= 4 is 17.7 Å². The molecule has 21 heavy (non-hydrogen) atoms. The number of benzene rings is 1. The van der Waals surface area contributed by atoms with E-state index in [-0.39, 0.29) is 11.3 Å².